The third kappa shape index (κ3) is 3.89. The summed E-state index contributed by atoms with van der Waals surface area (Å²) in [7, 11) is 0. The smallest absolute Gasteiger partial charge is 0.137 e. The van der Waals surface area contributed by atoms with Crippen molar-refractivity contribution >= 4 is 23.2 Å². The fourth-order valence-electron chi connectivity index (χ4n) is 1.70. The molecular weight excluding hydrogens is 279 g/mol. The molecule has 0 fully saturated rings. The molecule has 1 unspecified atom stereocenters. The van der Waals surface area contributed by atoms with Crippen LogP contribution in [0.4, 0.5) is 0 Å². The van der Waals surface area contributed by atoms with Crippen LogP contribution in [0.25, 0.3) is 11.1 Å². The Bertz CT molecular complexity index is 526. The maximum atomic E-state index is 6.25. The molecule has 3 heteroatoms. The van der Waals surface area contributed by atoms with Crippen molar-refractivity contribution in [2.75, 3.05) is 12.5 Å². The van der Waals surface area contributed by atoms with Crippen molar-refractivity contribution in [1.29, 1.82) is 0 Å². The van der Waals surface area contributed by atoms with Gasteiger partial charge in [-0.1, -0.05) is 54.9 Å². The predicted octanol–water partition coefficient (Wildman–Crippen LogP) is 5.26. The van der Waals surface area contributed by atoms with Crippen LogP contribution >= 0.6 is 23.2 Å². The summed E-state index contributed by atoms with van der Waals surface area (Å²) in [4.78, 5) is 0. The molecule has 0 aliphatic rings. The summed E-state index contributed by atoms with van der Waals surface area (Å²) in [6.45, 7) is 2.62. The average Bonchev–Trinajstić information content (AvgIpc) is 2.46. The average molecular weight is 295 g/mol. The molecule has 0 spiro atoms. The van der Waals surface area contributed by atoms with Gasteiger partial charge in [-0.15, -0.1) is 11.6 Å². The van der Waals surface area contributed by atoms with Crippen LogP contribution in [0.2, 0.25) is 5.02 Å². The molecule has 0 heterocycles. The summed E-state index contributed by atoms with van der Waals surface area (Å²) < 4.78 is 5.66. The summed E-state index contributed by atoms with van der Waals surface area (Å²) in [5.41, 5.74) is 2.23. The molecule has 0 aromatic heterocycles. The molecule has 1 nitrogen and oxygen atoms in total. The van der Waals surface area contributed by atoms with Gasteiger partial charge >= 0.3 is 0 Å². The highest BCUT2D eigenvalue weighted by Gasteiger charge is 2.07. The highest BCUT2D eigenvalue weighted by atomic mass is 35.5. The van der Waals surface area contributed by atoms with Gasteiger partial charge in [0.1, 0.15) is 5.75 Å². The van der Waals surface area contributed by atoms with E-state index in [1.807, 2.05) is 43.3 Å². The number of hydrogen-bond donors (Lipinski definition) is 0. The standard InChI is InChI=1S/C16H16Cl2O/c1-12(10-17)11-19-16-8-7-14(9-15(16)18)13-5-3-2-4-6-13/h2-9,12H,10-11H2,1H3. The Labute approximate surface area is 124 Å². The first-order chi connectivity index (χ1) is 9.20. The summed E-state index contributed by atoms with van der Waals surface area (Å²) in [6.07, 6.45) is 0. The van der Waals surface area contributed by atoms with E-state index in [0.717, 1.165) is 11.1 Å². The zero-order valence-electron chi connectivity index (χ0n) is 10.8. The second-order valence-electron chi connectivity index (χ2n) is 4.58. The van der Waals surface area contributed by atoms with Crippen LogP contribution in [0.1, 0.15) is 6.92 Å². The SMILES string of the molecule is CC(CCl)COc1ccc(-c2ccccc2)cc1Cl. The Morgan fingerprint density at radius 3 is 2.42 bits per heavy atom. The molecule has 0 radical (unpaired) electrons. The van der Waals surface area contributed by atoms with E-state index in [2.05, 4.69) is 12.1 Å². The van der Waals surface area contributed by atoms with Crippen molar-refractivity contribution in [2.45, 2.75) is 6.92 Å². The Morgan fingerprint density at radius 1 is 1.05 bits per heavy atom. The van der Waals surface area contributed by atoms with Crippen molar-refractivity contribution in [3.8, 4) is 16.9 Å². The van der Waals surface area contributed by atoms with Crippen LogP contribution in [0.5, 0.6) is 5.75 Å². The molecular formula is C16H16Cl2O. The maximum absolute atomic E-state index is 6.25. The summed E-state index contributed by atoms with van der Waals surface area (Å²) in [5.74, 6) is 1.60. The minimum absolute atomic E-state index is 0.312. The van der Waals surface area contributed by atoms with Gasteiger partial charge in [0.05, 0.1) is 11.6 Å². The van der Waals surface area contributed by atoms with E-state index in [0.29, 0.717) is 29.2 Å². The van der Waals surface area contributed by atoms with Crippen molar-refractivity contribution in [1.82, 2.24) is 0 Å². The lowest BCUT2D eigenvalue weighted by Crippen LogP contribution is -2.09. The first-order valence-electron chi connectivity index (χ1n) is 6.24. The van der Waals surface area contributed by atoms with Gasteiger partial charge in [-0.2, -0.15) is 0 Å². The Hall–Kier alpha value is -1.18. The minimum atomic E-state index is 0.312. The molecule has 0 saturated heterocycles. The lowest BCUT2D eigenvalue weighted by atomic mass is 10.1. The molecule has 0 aliphatic carbocycles. The molecule has 2 aromatic carbocycles. The van der Waals surface area contributed by atoms with Gasteiger partial charge in [0.15, 0.2) is 0 Å². The molecule has 2 rings (SSSR count). The first kappa shape index (κ1) is 14.2. The predicted molar refractivity (Wildman–Crippen MR) is 82.3 cm³/mol. The van der Waals surface area contributed by atoms with Crippen molar-refractivity contribution in [2.24, 2.45) is 5.92 Å². The number of rotatable bonds is 5. The minimum Gasteiger partial charge on any atom is -0.492 e. The Morgan fingerprint density at radius 2 is 1.79 bits per heavy atom. The highest BCUT2D eigenvalue weighted by molar-refractivity contribution is 6.32. The van der Waals surface area contributed by atoms with Gasteiger partial charge < -0.3 is 4.74 Å². The van der Waals surface area contributed by atoms with Crippen LogP contribution in [-0.2, 0) is 0 Å². The van der Waals surface area contributed by atoms with Crippen molar-refractivity contribution in [3.63, 3.8) is 0 Å². The highest BCUT2D eigenvalue weighted by Crippen LogP contribution is 2.30. The van der Waals surface area contributed by atoms with E-state index < -0.39 is 0 Å². The number of ether oxygens (including phenoxy) is 1. The van der Waals surface area contributed by atoms with E-state index in [4.69, 9.17) is 27.9 Å². The first-order valence-corrected chi connectivity index (χ1v) is 7.15. The van der Waals surface area contributed by atoms with Gasteiger partial charge in [-0.25, -0.2) is 0 Å². The van der Waals surface area contributed by atoms with Crippen LogP contribution in [0, 0.1) is 5.92 Å². The summed E-state index contributed by atoms with van der Waals surface area (Å²) in [6, 6.07) is 16.0. The second-order valence-corrected chi connectivity index (χ2v) is 5.30. The topological polar surface area (TPSA) is 9.23 Å². The number of benzene rings is 2. The number of alkyl halides is 1. The van der Waals surface area contributed by atoms with Crippen LogP contribution in [-0.4, -0.2) is 12.5 Å². The quantitative estimate of drug-likeness (QED) is 0.684. The van der Waals surface area contributed by atoms with Gasteiger partial charge in [-0.3, -0.25) is 0 Å². The largest absolute Gasteiger partial charge is 0.492 e. The number of hydrogen-bond acceptors (Lipinski definition) is 1. The van der Waals surface area contributed by atoms with Gasteiger partial charge in [0.2, 0.25) is 0 Å². The zero-order valence-corrected chi connectivity index (χ0v) is 12.3. The summed E-state index contributed by atoms with van der Waals surface area (Å²) in [5, 5.41) is 0.628. The van der Waals surface area contributed by atoms with E-state index in [1.54, 1.807) is 0 Å². The van der Waals surface area contributed by atoms with Gasteiger partial charge in [0.25, 0.3) is 0 Å². The third-order valence-corrected chi connectivity index (χ3v) is 3.65. The zero-order chi connectivity index (χ0) is 13.7. The molecule has 0 bridgehead atoms. The Kier molecular flexibility index (Phi) is 5.12. The normalized spacial score (nSPS) is 12.2. The second kappa shape index (κ2) is 6.83. The molecule has 100 valence electrons. The maximum Gasteiger partial charge on any atom is 0.137 e. The lowest BCUT2D eigenvalue weighted by molar-refractivity contribution is 0.273. The molecule has 1 atom stereocenters. The van der Waals surface area contributed by atoms with E-state index in [9.17, 15) is 0 Å². The van der Waals surface area contributed by atoms with E-state index in [1.165, 1.54) is 0 Å². The van der Waals surface area contributed by atoms with E-state index in [-0.39, 0.29) is 0 Å². The lowest BCUT2D eigenvalue weighted by Gasteiger charge is -2.12. The molecule has 0 N–H and O–H groups in total. The monoisotopic (exact) mass is 294 g/mol. The van der Waals surface area contributed by atoms with Crippen LogP contribution in [0.15, 0.2) is 48.5 Å². The summed E-state index contributed by atoms with van der Waals surface area (Å²) >= 11 is 12.0. The van der Waals surface area contributed by atoms with Crippen molar-refractivity contribution < 1.29 is 4.74 Å². The fourth-order valence-corrected chi connectivity index (χ4v) is 2.03. The molecule has 2 aromatic rings. The molecule has 0 aliphatic heterocycles. The Balaban J connectivity index is 2.13. The molecule has 0 saturated carbocycles. The molecule has 0 amide bonds. The van der Waals surface area contributed by atoms with Gasteiger partial charge in [-0.05, 0) is 23.3 Å². The number of halogens is 2. The fraction of sp³-hybridized carbons (Fsp3) is 0.250. The van der Waals surface area contributed by atoms with Crippen molar-refractivity contribution in [3.05, 3.63) is 53.6 Å². The van der Waals surface area contributed by atoms with Crippen LogP contribution in [0.3, 0.4) is 0 Å². The van der Waals surface area contributed by atoms with Crippen LogP contribution < -0.4 is 4.74 Å². The molecule has 19 heavy (non-hydrogen) atoms. The van der Waals surface area contributed by atoms with E-state index >= 15 is 0 Å². The third-order valence-electron chi connectivity index (χ3n) is 2.83. The van der Waals surface area contributed by atoms with Gasteiger partial charge in [0, 0.05) is 11.8 Å².